The van der Waals surface area contributed by atoms with Crippen molar-refractivity contribution in [2.75, 3.05) is 6.54 Å². The van der Waals surface area contributed by atoms with Crippen LogP contribution in [-0.4, -0.2) is 18.4 Å². The predicted molar refractivity (Wildman–Crippen MR) is 69.3 cm³/mol. The van der Waals surface area contributed by atoms with E-state index >= 15 is 0 Å². The fraction of sp³-hybridized carbons (Fsp3) is 0.143. The van der Waals surface area contributed by atoms with Crippen LogP contribution in [0.15, 0.2) is 47.1 Å². The fourth-order valence-corrected chi connectivity index (χ4v) is 1.53. The molecule has 5 nitrogen and oxygen atoms in total. The fourth-order valence-electron chi connectivity index (χ4n) is 1.53. The van der Waals surface area contributed by atoms with Gasteiger partial charge in [-0.3, -0.25) is 9.59 Å². The molecule has 1 aromatic carbocycles. The molecule has 0 aliphatic rings. The Morgan fingerprint density at radius 2 is 1.85 bits per heavy atom. The molecule has 0 atom stereocenters. The van der Waals surface area contributed by atoms with Crippen molar-refractivity contribution in [3.8, 4) is 0 Å². The molecule has 2 amide bonds. The van der Waals surface area contributed by atoms with Crippen molar-refractivity contribution in [2.24, 2.45) is 0 Å². The summed E-state index contributed by atoms with van der Waals surface area (Å²) in [5.41, 5.74) is 0.297. The maximum atomic E-state index is 12.7. The van der Waals surface area contributed by atoms with Crippen LogP contribution in [0.1, 0.15) is 16.1 Å². The van der Waals surface area contributed by atoms with E-state index in [1.165, 1.54) is 30.5 Å². The average Bonchev–Trinajstić information content (AvgIpc) is 2.96. The SMILES string of the molecule is O=C(CNC(=O)c1ccc(F)cc1)NCc1ccco1. The highest BCUT2D eigenvalue weighted by Crippen LogP contribution is 2.02. The minimum atomic E-state index is -0.432. The molecule has 2 aromatic rings. The van der Waals surface area contributed by atoms with Crippen molar-refractivity contribution in [3.05, 3.63) is 59.8 Å². The minimum absolute atomic E-state index is 0.156. The number of hydrogen-bond donors (Lipinski definition) is 2. The van der Waals surface area contributed by atoms with Crippen molar-refractivity contribution >= 4 is 11.8 Å². The molecule has 0 radical (unpaired) electrons. The molecular formula is C14H13FN2O3. The first-order chi connectivity index (χ1) is 9.65. The van der Waals surface area contributed by atoms with Gasteiger partial charge in [0.2, 0.25) is 5.91 Å². The van der Waals surface area contributed by atoms with Gasteiger partial charge in [-0.15, -0.1) is 0 Å². The van der Waals surface area contributed by atoms with Gasteiger partial charge >= 0.3 is 0 Å². The molecule has 2 N–H and O–H groups in total. The second-order valence-electron chi connectivity index (χ2n) is 4.05. The lowest BCUT2D eigenvalue weighted by Gasteiger charge is -2.06. The summed E-state index contributed by atoms with van der Waals surface area (Å²) in [6, 6.07) is 8.53. The summed E-state index contributed by atoms with van der Waals surface area (Å²) in [6.07, 6.45) is 1.51. The Kier molecular flexibility index (Phi) is 4.49. The molecule has 2 rings (SSSR count). The highest BCUT2D eigenvalue weighted by molar-refractivity contribution is 5.96. The van der Waals surface area contributed by atoms with E-state index in [4.69, 9.17) is 4.42 Å². The summed E-state index contributed by atoms with van der Waals surface area (Å²) in [5, 5.41) is 5.04. The monoisotopic (exact) mass is 276 g/mol. The van der Waals surface area contributed by atoms with Crippen LogP contribution in [0.5, 0.6) is 0 Å². The zero-order chi connectivity index (χ0) is 14.4. The van der Waals surface area contributed by atoms with E-state index in [2.05, 4.69) is 10.6 Å². The van der Waals surface area contributed by atoms with Gasteiger partial charge in [0.25, 0.3) is 5.91 Å². The number of hydrogen-bond acceptors (Lipinski definition) is 3. The van der Waals surface area contributed by atoms with Crippen molar-refractivity contribution in [2.45, 2.75) is 6.54 Å². The summed E-state index contributed by atoms with van der Waals surface area (Å²) in [5.74, 6) is -0.559. The largest absolute Gasteiger partial charge is 0.467 e. The summed E-state index contributed by atoms with van der Waals surface area (Å²) < 4.78 is 17.7. The molecule has 1 heterocycles. The number of carbonyl (C=O) groups excluding carboxylic acids is 2. The molecule has 0 saturated heterocycles. The van der Waals surface area contributed by atoms with Crippen molar-refractivity contribution < 1.29 is 18.4 Å². The molecule has 0 aliphatic carbocycles. The number of carbonyl (C=O) groups is 2. The van der Waals surface area contributed by atoms with E-state index < -0.39 is 11.7 Å². The molecule has 104 valence electrons. The maximum absolute atomic E-state index is 12.7. The van der Waals surface area contributed by atoms with E-state index in [0.717, 1.165) is 0 Å². The first kappa shape index (κ1) is 13.8. The standard InChI is InChI=1S/C14H13FN2O3/c15-11-5-3-10(4-6-11)14(19)17-9-13(18)16-8-12-2-1-7-20-12/h1-7H,8-9H2,(H,16,18)(H,17,19). The Morgan fingerprint density at radius 3 is 2.50 bits per heavy atom. The van der Waals surface area contributed by atoms with Gasteiger partial charge in [-0.1, -0.05) is 0 Å². The van der Waals surface area contributed by atoms with Crippen LogP contribution in [0.4, 0.5) is 4.39 Å². The molecule has 0 unspecified atom stereocenters. The van der Waals surface area contributed by atoms with E-state index in [1.54, 1.807) is 12.1 Å². The minimum Gasteiger partial charge on any atom is -0.467 e. The van der Waals surface area contributed by atoms with Gasteiger partial charge in [0.05, 0.1) is 19.4 Å². The lowest BCUT2D eigenvalue weighted by atomic mass is 10.2. The smallest absolute Gasteiger partial charge is 0.251 e. The van der Waals surface area contributed by atoms with Crippen LogP contribution in [0.3, 0.4) is 0 Å². The molecule has 20 heavy (non-hydrogen) atoms. The molecule has 6 heteroatoms. The highest BCUT2D eigenvalue weighted by atomic mass is 19.1. The Labute approximate surface area is 114 Å². The highest BCUT2D eigenvalue weighted by Gasteiger charge is 2.08. The second kappa shape index (κ2) is 6.51. The zero-order valence-corrected chi connectivity index (χ0v) is 10.6. The number of rotatable bonds is 5. The van der Waals surface area contributed by atoms with E-state index in [-0.39, 0.29) is 19.0 Å². The predicted octanol–water partition coefficient (Wildman–Crippen LogP) is 1.46. The normalized spacial score (nSPS) is 10.1. The van der Waals surface area contributed by atoms with Gasteiger partial charge in [0, 0.05) is 5.56 Å². The van der Waals surface area contributed by atoms with Crippen LogP contribution in [-0.2, 0) is 11.3 Å². The van der Waals surface area contributed by atoms with Crippen molar-refractivity contribution in [1.29, 1.82) is 0 Å². The van der Waals surface area contributed by atoms with E-state index in [1.807, 2.05) is 0 Å². The summed E-state index contributed by atoms with van der Waals surface area (Å²) in [7, 11) is 0. The zero-order valence-electron chi connectivity index (χ0n) is 10.6. The van der Waals surface area contributed by atoms with Gasteiger partial charge in [-0.2, -0.15) is 0 Å². The van der Waals surface area contributed by atoms with Crippen LogP contribution in [0.2, 0.25) is 0 Å². The number of furan rings is 1. The summed E-state index contributed by atoms with van der Waals surface area (Å²) >= 11 is 0. The lowest BCUT2D eigenvalue weighted by molar-refractivity contribution is -0.120. The molecule has 0 saturated carbocycles. The number of nitrogens with one attached hydrogen (secondary N) is 2. The third-order valence-electron chi connectivity index (χ3n) is 2.56. The van der Waals surface area contributed by atoms with Gasteiger partial charge in [0.1, 0.15) is 11.6 Å². The summed E-state index contributed by atoms with van der Waals surface area (Å²) in [4.78, 5) is 23.2. The number of benzene rings is 1. The molecule has 0 bridgehead atoms. The third kappa shape index (κ3) is 3.94. The van der Waals surface area contributed by atoms with Gasteiger partial charge < -0.3 is 15.1 Å². The molecule has 0 aliphatic heterocycles. The average molecular weight is 276 g/mol. The molecular weight excluding hydrogens is 263 g/mol. The number of amides is 2. The van der Waals surface area contributed by atoms with Crippen LogP contribution < -0.4 is 10.6 Å². The summed E-state index contributed by atoms with van der Waals surface area (Å²) in [6.45, 7) is 0.106. The van der Waals surface area contributed by atoms with E-state index in [9.17, 15) is 14.0 Å². The van der Waals surface area contributed by atoms with Crippen LogP contribution in [0, 0.1) is 5.82 Å². The van der Waals surface area contributed by atoms with Crippen LogP contribution in [0.25, 0.3) is 0 Å². The first-order valence-corrected chi connectivity index (χ1v) is 5.98. The van der Waals surface area contributed by atoms with Crippen molar-refractivity contribution in [3.63, 3.8) is 0 Å². The first-order valence-electron chi connectivity index (χ1n) is 5.98. The molecule has 1 aromatic heterocycles. The van der Waals surface area contributed by atoms with E-state index in [0.29, 0.717) is 11.3 Å². The topological polar surface area (TPSA) is 71.3 Å². The maximum Gasteiger partial charge on any atom is 0.251 e. The number of halogens is 1. The Balaban J connectivity index is 1.75. The molecule has 0 fully saturated rings. The molecule has 0 spiro atoms. The third-order valence-corrected chi connectivity index (χ3v) is 2.56. The van der Waals surface area contributed by atoms with Crippen molar-refractivity contribution in [1.82, 2.24) is 10.6 Å². The van der Waals surface area contributed by atoms with Gasteiger partial charge in [-0.05, 0) is 36.4 Å². The van der Waals surface area contributed by atoms with Gasteiger partial charge in [0.15, 0.2) is 0 Å². The van der Waals surface area contributed by atoms with Crippen LogP contribution >= 0.6 is 0 Å². The Morgan fingerprint density at radius 1 is 1.10 bits per heavy atom. The Hall–Kier alpha value is -2.63. The second-order valence-corrected chi connectivity index (χ2v) is 4.05. The Bertz CT molecular complexity index is 579. The lowest BCUT2D eigenvalue weighted by Crippen LogP contribution is -2.36. The van der Waals surface area contributed by atoms with Gasteiger partial charge in [-0.25, -0.2) is 4.39 Å². The quantitative estimate of drug-likeness (QED) is 0.868.